The number of thiophene rings is 1. The molecule has 15 heavy (non-hydrogen) atoms. The van der Waals surface area contributed by atoms with Crippen LogP contribution in [0.5, 0.6) is 0 Å². The first-order chi connectivity index (χ1) is 7.25. The Morgan fingerprint density at radius 3 is 3.07 bits per heavy atom. The van der Waals surface area contributed by atoms with E-state index in [0.717, 1.165) is 9.35 Å². The molecule has 0 aliphatic carbocycles. The predicted octanol–water partition coefficient (Wildman–Crippen LogP) is 2.77. The molecule has 78 valence electrons. The average molecular weight is 285 g/mol. The monoisotopic (exact) mass is 284 g/mol. The van der Waals surface area contributed by atoms with Gasteiger partial charge in [-0.15, -0.1) is 11.3 Å². The maximum absolute atomic E-state index is 11.5. The number of halogens is 1. The van der Waals surface area contributed by atoms with E-state index in [0.29, 0.717) is 12.2 Å². The van der Waals surface area contributed by atoms with Crippen molar-refractivity contribution in [2.75, 3.05) is 0 Å². The molecule has 0 saturated heterocycles. The summed E-state index contributed by atoms with van der Waals surface area (Å²) in [5.74, 6) is -0.0791. The first-order valence-corrected chi connectivity index (χ1v) is 6.07. The van der Waals surface area contributed by atoms with Gasteiger partial charge < -0.3 is 10.3 Å². The molecule has 5 heteroatoms. The quantitative estimate of drug-likeness (QED) is 0.895. The number of hydrogen-bond donors (Lipinski definition) is 2. The lowest BCUT2D eigenvalue weighted by atomic mass is 10.4. The maximum atomic E-state index is 11.5. The van der Waals surface area contributed by atoms with Crippen LogP contribution >= 0.6 is 27.3 Å². The lowest BCUT2D eigenvalue weighted by Crippen LogP contribution is -2.22. The van der Waals surface area contributed by atoms with Gasteiger partial charge in [0.2, 0.25) is 0 Å². The zero-order chi connectivity index (χ0) is 10.7. The van der Waals surface area contributed by atoms with E-state index in [1.165, 1.54) is 0 Å². The summed E-state index contributed by atoms with van der Waals surface area (Å²) in [5.41, 5.74) is 0.589. The predicted molar refractivity (Wildman–Crippen MR) is 64.0 cm³/mol. The number of H-pyrrole nitrogens is 1. The van der Waals surface area contributed by atoms with Gasteiger partial charge in [-0.05, 0) is 34.1 Å². The Labute approximate surface area is 99.6 Å². The number of nitrogens with one attached hydrogen (secondary N) is 2. The molecular formula is C10H9BrN2OS. The molecule has 0 aliphatic heterocycles. The van der Waals surface area contributed by atoms with Gasteiger partial charge in [-0.25, -0.2) is 0 Å². The number of amides is 1. The minimum Gasteiger partial charge on any atom is -0.357 e. The maximum Gasteiger partial charge on any atom is 0.267 e. The molecule has 0 spiro atoms. The molecule has 2 aromatic heterocycles. The molecule has 1 amide bonds. The average Bonchev–Trinajstić information content (AvgIpc) is 2.84. The van der Waals surface area contributed by atoms with Crippen molar-refractivity contribution in [3.63, 3.8) is 0 Å². The van der Waals surface area contributed by atoms with E-state index in [4.69, 9.17) is 0 Å². The minimum atomic E-state index is -0.0791. The van der Waals surface area contributed by atoms with E-state index in [1.54, 1.807) is 29.7 Å². The first kappa shape index (κ1) is 10.4. The van der Waals surface area contributed by atoms with Crippen LogP contribution < -0.4 is 5.32 Å². The van der Waals surface area contributed by atoms with E-state index in [9.17, 15) is 4.79 Å². The highest BCUT2D eigenvalue weighted by Crippen LogP contribution is 2.19. The molecule has 2 N–H and O–H groups in total. The highest BCUT2D eigenvalue weighted by atomic mass is 79.9. The molecule has 2 aromatic rings. The van der Waals surface area contributed by atoms with E-state index in [2.05, 4.69) is 26.2 Å². The molecule has 0 fully saturated rings. The SMILES string of the molecule is O=C(NCc1cc(Br)cs1)c1ccc[nH]1. The van der Waals surface area contributed by atoms with Gasteiger partial charge in [0.05, 0.1) is 6.54 Å². The van der Waals surface area contributed by atoms with Crippen LogP contribution in [0.2, 0.25) is 0 Å². The summed E-state index contributed by atoms with van der Waals surface area (Å²) in [6, 6.07) is 5.55. The van der Waals surface area contributed by atoms with Gasteiger partial charge in [-0.2, -0.15) is 0 Å². The van der Waals surface area contributed by atoms with Crippen LogP contribution in [0.4, 0.5) is 0 Å². The smallest absolute Gasteiger partial charge is 0.267 e. The highest BCUT2D eigenvalue weighted by Gasteiger charge is 2.05. The van der Waals surface area contributed by atoms with Gasteiger partial charge in [0.1, 0.15) is 5.69 Å². The second-order valence-electron chi connectivity index (χ2n) is 3.00. The topological polar surface area (TPSA) is 44.9 Å². The highest BCUT2D eigenvalue weighted by molar-refractivity contribution is 9.10. The third-order valence-electron chi connectivity index (χ3n) is 1.89. The zero-order valence-electron chi connectivity index (χ0n) is 7.79. The molecule has 0 saturated carbocycles. The third-order valence-corrected chi connectivity index (χ3v) is 3.59. The van der Waals surface area contributed by atoms with Crippen molar-refractivity contribution in [1.82, 2.24) is 10.3 Å². The van der Waals surface area contributed by atoms with Gasteiger partial charge in [0.15, 0.2) is 0 Å². The third kappa shape index (κ3) is 2.70. The van der Waals surface area contributed by atoms with Gasteiger partial charge in [0.25, 0.3) is 5.91 Å². The summed E-state index contributed by atoms with van der Waals surface area (Å²) >= 11 is 4.99. The summed E-state index contributed by atoms with van der Waals surface area (Å²) in [6.45, 7) is 0.564. The lowest BCUT2D eigenvalue weighted by molar-refractivity contribution is 0.0947. The van der Waals surface area contributed by atoms with Crippen LogP contribution in [0.25, 0.3) is 0 Å². The number of carbonyl (C=O) groups is 1. The van der Waals surface area contributed by atoms with Crippen molar-refractivity contribution in [1.29, 1.82) is 0 Å². The lowest BCUT2D eigenvalue weighted by Gasteiger charge is -2.00. The zero-order valence-corrected chi connectivity index (χ0v) is 10.2. The van der Waals surface area contributed by atoms with E-state index < -0.39 is 0 Å². The van der Waals surface area contributed by atoms with E-state index in [1.807, 2.05) is 11.4 Å². The van der Waals surface area contributed by atoms with Gasteiger partial charge in [0, 0.05) is 20.9 Å². The summed E-state index contributed by atoms with van der Waals surface area (Å²) in [7, 11) is 0. The number of aromatic nitrogens is 1. The van der Waals surface area contributed by atoms with Crippen LogP contribution in [0.3, 0.4) is 0 Å². The molecule has 0 aromatic carbocycles. The Morgan fingerprint density at radius 1 is 1.60 bits per heavy atom. The molecule has 0 unspecified atom stereocenters. The van der Waals surface area contributed by atoms with E-state index in [-0.39, 0.29) is 5.91 Å². The molecule has 3 nitrogen and oxygen atoms in total. The fourth-order valence-electron chi connectivity index (χ4n) is 1.18. The number of carbonyl (C=O) groups excluding carboxylic acids is 1. The van der Waals surface area contributed by atoms with Crippen LogP contribution in [-0.4, -0.2) is 10.9 Å². The summed E-state index contributed by atoms with van der Waals surface area (Å²) in [4.78, 5) is 15.5. The molecule has 0 atom stereocenters. The molecule has 0 bridgehead atoms. The van der Waals surface area contributed by atoms with Crippen LogP contribution in [0.15, 0.2) is 34.2 Å². The standard InChI is InChI=1S/C10H9BrN2OS/c11-7-4-8(15-6-7)5-13-10(14)9-2-1-3-12-9/h1-4,6,12H,5H2,(H,13,14). The normalized spacial score (nSPS) is 10.2. The van der Waals surface area contributed by atoms with Gasteiger partial charge in [-0.1, -0.05) is 0 Å². The van der Waals surface area contributed by atoms with Gasteiger partial charge in [-0.3, -0.25) is 4.79 Å². The summed E-state index contributed by atoms with van der Waals surface area (Å²) in [5, 5.41) is 4.83. The Morgan fingerprint density at radius 2 is 2.47 bits per heavy atom. The van der Waals surface area contributed by atoms with Crippen molar-refractivity contribution in [2.24, 2.45) is 0 Å². The Balaban J connectivity index is 1.91. The molecule has 0 radical (unpaired) electrons. The van der Waals surface area contributed by atoms with Crippen LogP contribution in [-0.2, 0) is 6.54 Å². The van der Waals surface area contributed by atoms with Crippen molar-refractivity contribution < 1.29 is 4.79 Å². The van der Waals surface area contributed by atoms with Gasteiger partial charge >= 0.3 is 0 Å². The second kappa shape index (κ2) is 4.63. The minimum absolute atomic E-state index is 0.0791. The fraction of sp³-hybridized carbons (Fsp3) is 0.100. The number of aromatic amines is 1. The molecule has 2 heterocycles. The van der Waals surface area contributed by atoms with Crippen LogP contribution in [0, 0.1) is 0 Å². The second-order valence-corrected chi connectivity index (χ2v) is 4.91. The van der Waals surface area contributed by atoms with Crippen molar-refractivity contribution >= 4 is 33.2 Å². The Bertz CT molecular complexity index is 450. The molecule has 0 aliphatic rings. The summed E-state index contributed by atoms with van der Waals surface area (Å²) < 4.78 is 1.05. The summed E-state index contributed by atoms with van der Waals surface area (Å²) in [6.07, 6.45) is 1.73. The van der Waals surface area contributed by atoms with E-state index >= 15 is 0 Å². The first-order valence-electron chi connectivity index (χ1n) is 4.40. The Kier molecular flexibility index (Phi) is 3.23. The van der Waals surface area contributed by atoms with Crippen molar-refractivity contribution in [3.05, 3.63) is 44.8 Å². The van der Waals surface area contributed by atoms with Crippen molar-refractivity contribution in [2.45, 2.75) is 6.54 Å². The molecule has 2 rings (SSSR count). The van der Waals surface area contributed by atoms with Crippen LogP contribution in [0.1, 0.15) is 15.4 Å². The Hall–Kier alpha value is -1.07. The fourth-order valence-corrected chi connectivity index (χ4v) is 2.57. The molecular weight excluding hydrogens is 276 g/mol. The number of hydrogen-bond acceptors (Lipinski definition) is 2. The number of rotatable bonds is 3. The largest absolute Gasteiger partial charge is 0.357 e. The van der Waals surface area contributed by atoms with Crippen molar-refractivity contribution in [3.8, 4) is 0 Å².